The zero-order chi connectivity index (χ0) is 21.9. The number of hydrogen-bond donors (Lipinski definition) is 3. The first-order valence-corrected chi connectivity index (χ1v) is 11.6. The van der Waals surface area contributed by atoms with Crippen LogP contribution in [-0.2, 0) is 16.7 Å². The number of aryl methyl sites for hydroxylation is 1. The van der Waals surface area contributed by atoms with Crippen LogP contribution in [0, 0.1) is 17.3 Å². The van der Waals surface area contributed by atoms with Crippen molar-refractivity contribution in [1.82, 2.24) is 0 Å². The van der Waals surface area contributed by atoms with Gasteiger partial charge in [0.2, 0.25) is 0 Å². The smallest absolute Gasteiger partial charge is 0.422 e. The number of aliphatic hydroxyl groups excluding tert-OH is 1. The highest BCUT2D eigenvalue weighted by Crippen LogP contribution is 2.61. The molecule has 0 heterocycles. The van der Waals surface area contributed by atoms with Gasteiger partial charge in [-0.3, -0.25) is 9.27 Å². The molecule has 0 aliphatic heterocycles. The zero-order valence-corrected chi connectivity index (χ0v) is 17.4. The molecule has 3 unspecified atom stereocenters. The second-order valence-electron chi connectivity index (χ2n) is 9.08. The summed E-state index contributed by atoms with van der Waals surface area (Å²) in [5.74, 6) is 0.563. The third-order valence-corrected chi connectivity index (χ3v) is 7.88. The van der Waals surface area contributed by atoms with Crippen LogP contribution in [0.15, 0.2) is 12.1 Å². The summed E-state index contributed by atoms with van der Waals surface area (Å²) < 4.78 is 76.6. The minimum atomic E-state index is -4.67. The number of nitrogens with one attached hydrogen (secondary N) is 1. The molecule has 2 saturated carbocycles. The molecule has 0 saturated heterocycles. The van der Waals surface area contributed by atoms with Crippen LogP contribution >= 0.6 is 0 Å². The quantitative estimate of drug-likeness (QED) is 0.603. The Morgan fingerprint density at radius 1 is 1.23 bits per heavy atom. The third-order valence-electron chi connectivity index (χ3n) is 7.41. The molecule has 4 rings (SSSR count). The van der Waals surface area contributed by atoms with Crippen molar-refractivity contribution in [2.24, 2.45) is 17.3 Å². The summed E-state index contributed by atoms with van der Waals surface area (Å²) in [6.07, 6.45) is -0.0216. The first-order valence-electron chi connectivity index (χ1n) is 10.2. The predicted octanol–water partition coefficient (Wildman–Crippen LogP) is 4.06. The summed E-state index contributed by atoms with van der Waals surface area (Å²) in [4.78, 5) is 0. The molecular weight excluding hydrogens is 423 g/mol. The van der Waals surface area contributed by atoms with Crippen LogP contribution in [0.5, 0.6) is 5.75 Å². The lowest BCUT2D eigenvalue weighted by Crippen LogP contribution is -2.43. The van der Waals surface area contributed by atoms with E-state index < -0.39 is 23.1 Å². The van der Waals surface area contributed by atoms with Gasteiger partial charge in [-0.25, -0.2) is 0 Å². The topological polar surface area (TPSA) is 95.9 Å². The van der Waals surface area contributed by atoms with Gasteiger partial charge in [0.15, 0.2) is 6.61 Å². The number of ether oxygens (including phenoxy) is 1. The molecule has 0 amide bonds. The average molecular weight is 449 g/mol. The maximum atomic E-state index is 12.7. The second-order valence-corrected chi connectivity index (χ2v) is 10.2. The Morgan fingerprint density at radius 3 is 2.63 bits per heavy atom. The van der Waals surface area contributed by atoms with Gasteiger partial charge in [-0.1, -0.05) is 6.92 Å². The number of benzene rings is 1. The molecular formula is C20H26F3NO5S. The van der Waals surface area contributed by atoms with Gasteiger partial charge in [-0.15, -0.1) is 0 Å². The van der Waals surface area contributed by atoms with Gasteiger partial charge in [0, 0.05) is 0 Å². The average Bonchev–Trinajstić information content (AvgIpc) is 2.93. The molecule has 0 aromatic heterocycles. The third kappa shape index (κ3) is 4.01. The Balaban J connectivity index is 1.70. The van der Waals surface area contributed by atoms with Gasteiger partial charge in [0.1, 0.15) is 5.75 Å². The Kier molecular flexibility index (Phi) is 5.26. The first kappa shape index (κ1) is 21.7. The molecule has 0 bridgehead atoms. The highest BCUT2D eigenvalue weighted by Gasteiger charge is 2.54. The summed E-state index contributed by atoms with van der Waals surface area (Å²) in [5.41, 5.74) is 1.41. The Hall–Kier alpha value is -1.52. The van der Waals surface area contributed by atoms with Crippen LogP contribution in [0.3, 0.4) is 0 Å². The number of fused-ring (bicyclic) bond motifs is 5. The molecule has 3 aliphatic rings. The molecule has 0 radical (unpaired) electrons. The van der Waals surface area contributed by atoms with E-state index in [1.54, 1.807) is 0 Å². The Labute approximate surface area is 173 Å². The number of aliphatic hydroxyl groups is 1. The molecule has 168 valence electrons. The number of halogens is 3. The molecule has 2 fully saturated rings. The molecule has 1 aromatic rings. The Morgan fingerprint density at radius 2 is 1.97 bits per heavy atom. The van der Waals surface area contributed by atoms with Gasteiger partial charge < -0.3 is 9.84 Å². The molecule has 30 heavy (non-hydrogen) atoms. The van der Waals surface area contributed by atoms with E-state index in [-0.39, 0.29) is 28.9 Å². The lowest BCUT2D eigenvalue weighted by Gasteiger charge is -2.50. The number of alkyl halides is 3. The van der Waals surface area contributed by atoms with E-state index in [9.17, 15) is 26.7 Å². The van der Waals surface area contributed by atoms with E-state index in [1.807, 2.05) is 4.72 Å². The molecule has 0 spiro atoms. The molecule has 3 N–H and O–H groups in total. The van der Waals surface area contributed by atoms with Crippen LogP contribution in [0.4, 0.5) is 18.9 Å². The molecule has 3 aliphatic carbocycles. The van der Waals surface area contributed by atoms with E-state index in [4.69, 9.17) is 9.29 Å². The van der Waals surface area contributed by atoms with Gasteiger partial charge in [-0.05, 0) is 85.0 Å². The normalized spacial score (nSPS) is 33.4. The molecule has 10 heteroatoms. The van der Waals surface area contributed by atoms with E-state index >= 15 is 0 Å². The summed E-state index contributed by atoms with van der Waals surface area (Å²) >= 11 is 0. The SMILES string of the molecule is C[C@]12CCC3c4cc(OCC(F)(F)F)c(NS(=O)(=O)O)cc4CCC3C1CC[C@H]2O. The monoisotopic (exact) mass is 449 g/mol. The van der Waals surface area contributed by atoms with E-state index in [0.29, 0.717) is 18.3 Å². The lowest BCUT2D eigenvalue weighted by molar-refractivity contribution is -0.153. The lowest BCUT2D eigenvalue weighted by atomic mass is 9.55. The zero-order valence-electron chi connectivity index (χ0n) is 16.6. The van der Waals surface area contributed by atoms with Crippen LogP contribution in [-0.4, -0.2) is 37.0 Å². The number of anilines is 1. The highest BCUT2D eigenvalue weighted by atomic mass is 32.2. The van der Waals surface area contributed by atoms with Crippen molar-refractivity contribution in [2.45, 2.75) is 63.6 Å². The largest absolute Gasteiger partial charge is 0.482 e. The van der Waals surface area contributed by atoms with Crippen LogP contribution in [0.1, 0.15) is 56.1 Å². The minimum absolute atomic E-state index is 0.124. The van der Waals surface area contributed by atoms with Gasteiger partial charge >= 0.3 is 16.5 Å². The van der Waals surface area contributed by atoms with E-state index in [0.717, 1.165) is 43.2 Å². The van der Waals surface area contributed by atoms with Crippen molar-refractivity contribution in [3.8, 4) is 5.75 Å². The molecule has 5 atom stereocenters. The fourth-order valence-electron chi connectivity index (χ4n) is 6.07. The van der Waals surface area contributed by atoms with Crippen LogP contribution in [0.25, 0.3) is 0 Å². The summed E-state index contributed by atoms with van der Waals surface area (Å²) in [6, 6.07) is 2.97. The first-order chi connectivity index (χ1) is 13.9. The predicted molar refractivity (Wildman–Crippen MR) is 104 cm³/mol. The summed E-state index contributed by atoms with van der Waals surface area (Å²) in [5, 5.41) is 10.5. The maximum absolute atomic E-state index is 12.7. The standard InChI is InChI=1S/C20H26F3NO5S/c1-19-7-6-12-13(15(19)4-5-18(19)25)3-2-11-8-16(24-30(26,27)28)17(9-14(11)12)29-10-20(21,22)23/h8-9,12-13,15,18,24-25H,2-7,10H2,1H3,(H,26,27,28)/t12?,13?,15?,18-,19+/m1/s1. The second kappa shape index (κ2) is 7.27. The van der Waals surface area contributed by atoms with Crippen molar-refractivity contribution in [2.75, 3.05) is 11.3 Å². The fourth-order valence-corrected chi connectivity index (χ4v) is 6.51. The van der Waals surface area contributed by atoms with Crippen molar-refractivity contribution < 1.29 is 36.0 Å². The van der Waals surface area contributed by atoms with Gasteiger partial charge in [0.05, 0.1) is 11.8 Å². The van der Waals surface area contributed by atoms with Crippen molar-refractivity contribution in [1.29, 1.82) is 0 Å². The van der Waals surface area contributed by atoms with E-state index in [1.165, 1.54) is 12.1 Å². The van der Waals surface area contributed by atoms with Crippen molar-refractivity contribution >= 4 is 16.0 Å². The highest BCUT2D eigenvalue weighted by molar-refractivity contribution is 7.87. The van der Waals surface area contributed by atoms with Crippen molar-refractivity contribution in [3.63, 3.8) is 0 Å². The maximum Gasteiger partial charge on any atom is 0.422 e. The van der Waals surface area contributed by atoms with Gasteiger partial charge in [-0.2, -0.15) is 21.6 Å². The Bertz CT molecular complexity index is 935. The molecule has 6 nitrogen and oxygen atoms in total. The van der Waals surface area contributed by atoms with Crippen LogP contribution in [0.2, 0.25) is 0 Å². The minimum Gasteiger partial charge on any atom is -0.482 e. The number of rotatable bonds is 4. The summed E-state index contributed by atoms with van der Waals surface area (Å²) in [6.45, 7) is 0.574. The van der Waals surface area contributed by atoms with Crippen molar-refractivity contribution in [3.05, 3.63) is 23.3 Å². The molecule has 1 aromatic carbocycles. The fraction of sp³-hybridized carbons (Fsp3) is 0.700. The van der Waals surface area contributed by atoms with Gasteiger partial charge in [0.25, 0.3) is 0 Å². The number of hydrogen-bond acceptors (Lipinski definition) is 4. The van der Waals surface area contributed by atoms with Crippen LogP contribution < -0.4 is 9.46 Å². The summed E-state index contributed by atoms with van der Waals surface area (Å²) in [7, 11) is -4.67. The van der Waals surface area contributed by atoms with E-state index in [2.05, 4.69) is 6.92 Å².